The van der Waals surface area contributed by atoms with Crippen LogP contribution in [0.15, 0.2) is 0 Å². The van der Waals surface area contributed by atoms with Gasteiger partial charge in [-0.25, -0.2) is 0 Å². The Morgan fingerprint density at radius 3 is 2.47 bits per heavy atom. The summed E-state index contributed by atoms with van der Waals surface area (Å²) in [6, 6.07) is 0.652. The molecule has 15 heavy (non-hydrogen) atoms. The van der Waals surface area contributed by atoms with E-state index in [9.17, 15) is 5.11 Å². The van der Waals surface area contributed by atoms with Crippen molar-refractivity contribution in [1.29, 1.82) is 0 Å². The SMILES string of the molecule is OCCC(C1CCCC1)N1CCNCC1. The van der Waals surface area contributed by atoms with Crippen molar-refractivity contribution >= 4 is 0 Å². The molecule has 0 aromatic rings. The number of piperazine rings is 1. The van der Waals surface area contributed by atoms with E-state index in [0.717, 1.165) is 25.4 Å². The minimum Gasteiger partial charge on any atom is -0.396 e. The van der Waals surface area contributed by atoms with E-state index in [2.05, 4.69) is 10.2 Å². The van der Waals surface area contributed by atoms with Crippen molar-refractivity contribution in [2.45, 2.75) is 38.1 Å². The number of aliphatic hydroxyl groups is 1. The van der Waals surface area contributed by atoms with Crippen LogP contribution in [0, 0.1) is 5.92 Å². The topological polar surface area (TPSA) is 35.5 Å². The summed E-state index contributed by atoms with van der Waals surface area (Å²) in [5.41, 5.74) is 0. The molecule has 2 rings (SSSR count). The quantitative estimate of drug-likeness (QED) is 0.724. The summed E-state index contributed by atoms with van der Waals surface area (Å²) in [5, 5.41) is 12.6. The molecule has 0 aromatic heterocycles. The number of hydrogen-bond donors (Lipinski definition) is 2. The monoisotopic (exact) mass is 212 g/mol. The number of rotatable bonds is 4. The summed E-state index contributed by atoms with van der Waals surface area (Å²) in [7, 11) is 0. The van der Waals surface area contributed by atoms with Crippen LogP contribution in [-0.2, 0) is 0 Å². The zero-order valence-electron chi connectivity index (χ0n) is 9.62. The van der Waals surface area contributed by atoms with Crippen LogP contribution in [0.4, 0.5) is 0 Å². The Labute approximate surface area is 92.8 Å². The highest BCUT2D eigenvalue weighted by Gasteiger charge is 2.29. The molecule has 88 valence electrons. The maximum Gasteiger partial charge on any atom is 0.0446 e. The summed E-state index contributed by atoms with van der Waals surface area (Å²) in [6.45, 7) is 4.93. The highest BCUT2D eigenvalue weighted by molar-refractivity contribution is 4.85. The molecule has 1 heterocycles. The molecule has 3 heteroatoms. The van der Waals surface area contributed by atoms with E-state index >= 15 is 0 Å². The van der Waals surface area contributed by atoms with Gasteiger partial charge in [-0.1, -0.05) is 12.8 Å². The largest absolute Gasteiger partial charge is 0.396 e. The predicted molar refractivity (Wildman–Crippen MR) is 61.9 cm³/mol. The van der Waals surface area contributed by atoms with Crippen LogP contribution in [0.3, 0.4) is 0 Å². The number of hydrogen-bond acceptors (Lipinski definition) is 3. The zero-order chi connectivity index (χ0) is 10.5. The van der Waals surface area contributed by atoms with E-state index in [1.807, 2.05) is 0 Å². The Morgan fingerprint density at radius 2 is 1.87 bits per heavy atom. The predicted octanol–water partition coefficient (Wildman–Crippen LogP) is 0.833. The minimum atomic E-state index is 0.352. The molecule has 0 radical (unpaired) electrons. The molecular formula is C12H24N2O. The Morgan fingerprint density at radius 1 is 1.20 bits per heavy atom. The summed E-state index contributed by atoms with van der Waals surface area (Å²) in [4.78, 5) is 2.60. The van der Waals surface area contributed by atoms with Crippen molar-refractivity contribution in [3.63, 3.8) is 0 Å². The molecule has 2 fully saturated rings. The molecule has 1 aliphatic heterocycles. The molecule has 0 amide bonds. The van der Waals surface area contributed by atoms with Crippen LogP contribution in [0.1, 0.15) is 32.1 Å². The van der Waals surface area contributed by atoms with Crippen molar-refractivity contribution in [2.75, 3.05) is 32.8 Å². The Hall–Kier alpha value is -0.120. The van der Waals surface area contributed by atoms with Crippen molar-refractivity contribution < 1.29 is 5.11 Å². The van der Waals surface area contributed by atoms with Crippen LogP contribution in [0.5, 0.6) is 0 Å². The van der Waals surface area contributed by atoms with Gasteiger partial charge in [-0.3, -0.25) is 4.90 Å². The van der Waals surface area contributed by atoms with Crippen molar-refractivity contribution in [1.82, 2.24) is 10.2 Å². The van der Waals surface area contributed by atoms with E-state index < -0.39 is 0 Å². The number of aliphatic hydroxyl groups excluding tert-OH is 1. The fourth-order valence-corrected chi connectivity index (χ4v) is 3.20. The highest BCUT2D eigenvalue weighted by atomic mass is 16.3. The zero-order valence-corrected chi connectivity index (χ0v) is 9.62. The third-order valence-corrected chi connectivity index (χ3v) is 3.99. The maximum atomic E-state index is 9.19. The van der Waals surface area contributed by atoms with Gasteiger partial charge in [-0.05, 0) is 25.2 Å². The van der Waals surface area contributed by atoms with Crippen LogP contribution in [0.25, 0.3) is 0 Å². The van der Waals surface area contributed by atoms with Crippen molar-refractivity contribution in [3.05, 3.63) is 0 Å². The van der Waals surface area contributed by atoms with Gasteiger partial charge in [0.15, 0.2) is 0 Å². The second-order valence-corrected chi connectivity index (χ2v) is 4.91. The minimum absolute atomic E-state index is 0.352. The average Bonchev–Trinajstić information content (AvgIpc) is 2.80. The normalized spacial score (nSPS) is 27.0. The van der Waals surface area contributed by atoms with Gasteiger partial charge in [0.25, 0.3) is 0 Å². The first kappa shape index (κ1) is 11.4. The summed E-state index contributed by atoms with van der Waals surface area (Å²) in [6.07, 6.45) is 6.55. The van der Waals surface area contributed by atoms with E-state index in [4.69, 9.17) is 0 Å². The van der Waals surface area contributed by atoms with Crippen LogP contribution < -0.4 is 5.32 Å². The molecule has 1 aliphatic carbocycles. The van der Waals surface area contributed by atoms with E-state index in [1.165, 1.54) is 38.8 Å². The summed E-state index contributed by atoms with van der Waals surface area (Å²) < 4.78 is 0. The van der Waals surface area contributed by atoms with Crippen LogP contribution in [-0.4, -0.2) is 48.8 Å². The Bertz CT molecular complexity index is 174. The highest BCUT2D eigenvalue weighted by Crippen LogP contribution is 2.31. The molecular weight excluding hydrogens is 188 g/mol. The molecule has 1 saturated carbocycles. The van der Waals surface area contributed by atoms with Gasteiger partial charge in [0, 0.05) is 38.8 Å². The van der Waals surface area contributed by atoms with Gasteiger partial charge in [0.2, 0.25) is 0 Å². The average molecular weight is 212 g/mol. The van der Waals surface area contributed by atoms with Crippen LogP contribution >= 0.6 is 0 Å². The lowest BCUT2D eigenvalue weighted by molar-refractivity contribution is 0.0993. The van der Waals surface area contributed by atoms with E-state index in [-0.39, 0.29) is 0 Å². The molecule has 1 saturated heterocycles. The molecule has 1 unspecified atom stereocenters. The van der Waals surface area contributed by atoms with Gasteiger partial charge in [0.05, 0.1) is 0 Å². The molecule has 3 nitrogen and oxygen atoms in total. The third kappa shape index (κ3) is 2.92. The molecule has 0 spiro atoms. The lowest BCUT2D eigenvalue weighted by Crippen LogP contribution is -2.50. The van der Waals surface area contributed by atoms with Gasteiger partial charge in [-0.2, -0.15) is 0 Å². The first-order chi connectivity index (χ1) is 7.42. The number of nitrogens with one attached hydrogen (secondary N) is 1. The maximum absolute atomic E-state index is 9.19. The summed E-state index contributed by atoms with van der Waals surface area (Å²) >= 11 is 0. The fourth-order valence-electron chi connectivity index (χ4n) is 3.20. The Balaban J connectivity index is 1.90. The molecule has 2 N–H and O–H groups in total. The molecule has 2 aliphatic rings. The number of nitrogens with zero attached hydrogens (tertiary/aromatic N) is 1. The molecule has 1 atom stereocenters. The van der Waals surface area contributed by atoms with Gasteiger partial charge < -0.3 is 10.4 Å². The van der Waals surface area contributed by atoms with Crippen molar-refractivity contribution in [2.24, 2.45) is 5.92 Å². The standard InChI is InChI=1S/C12H24N2O/c15-10-5-12(11-3-1-2-4-11)14-8-6-13-7-9-14/h11-13,15H,1-10H2. The third-order valence-electron chi connectivity index (χ3n) is 3.99. The van der Waals surface area contributed by atoms with Gasteiger partial charge in [0.1, 0.15) is 0 Å². The lowest BCUT2D eigenvalue weighted by atomic mass is 9.93. The first-order valence-corrected chi connectivity index (χ1v) is 6.47. The van der Waals surface area contributed by atoms with Gasteiger partial charge >= 0.3 is 0 Å². The first-order valence-electron chi connectivity index (χ1n) is 6.47. The van der Waals surface area contributed by atoms with Crippen LogP contribution in [0.2, 0.25) is 0 Å². The molecule has 0 aromatic carbocycles. The fraction of sp³-hybridized carbons (Fsp3) is 1.00. The molecule has 0 bridgehead atoms. The van der Waals surface area contributed by atoms with E-state index in [0.29, 0.717) is 12.6 Å². The lowest BCUT2D eigenvalue weighted by Gasteiger charge is -2.38. The summed E-state index contributed by atoms with van der Waals surface area (Å²) in [5.74, 6) is 0.857. The van der Waals surface area contributed by atoms with Crippen molar-refractivity contribution in [3.8, 4) is 0 Å². The second-order valence-electron chi connectivity index (χ2n) is 4.91. The Kier molecular flexibility index (Phi) is 4.42. The second kappa shape index (κ2) is 5.83. The van der Waals surface area contributed by atoms with E-state index in [1.54, 1.807) is 0 Å². The van der Waals surface area contributed by atoms with Gasteiger partial charge in [-0.15, -0.1) is 0 Å². The smallest absolute Gasteiger partial charge is 0.0446 e.